The number of hydrogen-bond donors (Lipinski definition) is 1. The van der Waals surface area contributed by atoms with Crippen LogP contribution in [0.2, 0.25) is 5.02 Å². The number of allylic oxidation sites excluding steroid dienone is 2. The van der Waals surface area contributed by atoms with Gasteiger partial charge in [-0.05, 0) is 53.4 Å². The molecule has 2 aliphatic rings. The maximum Gasteiger partial charge on any atom is 0.189 e. The quantitative estimate of drug-likeness (QED) is 0.629. The number of fused-ring (bicyclic) bond motifs is 1. The third-order valence-corrected chi connectivity index (χ3v) is 6.67. The van der Waals surface area contributed by atoms with Crippen molar-refractivity contribution in [2.45, 2.75) is 39.5 Å². The normalized spacial score (nSPS) is 28.9. The van der Waals surface area contributed by atoms with Crippen molar-refractivity contribution in [3.63, 3.8) is 0 Å². The zero-order chi connectivity index (χ0) is 20.7. The van der Waals surface area contributed by atoms with Crippen LogP contribution in [0.5, 0.6) is 0 Å². The van der Waals surface area contributed by atoms with Gasteiger partial charge in [0.15, 0.2) is 5.41 Å². The lowest BCUT2D eigenvalue weighted by Gasteiger charge is -2.49. The van der Waals surface area contributed by atoms with Crippen molar-refractivity contribution in [3.8, 4) is 18.2 Å². The largest absolute Gasteiger partial charge is 0.305 e. The molecule has 3 rings (SSSR count). The standard InChI is InChI=1S/C23H23ClN4/c1-22(2,3)15-7-8-17-18(10-15)20(14-5-4-6-16(24)9-14)23(12-26,13-27)21(28)19(17)11-25/h4-6,8-9,15,18-20,28H,7,10H2,1-3H3/t15-,18+,19?,20+/m1/s1. The Bertz CT molecular complexity index is 950. The first-order chi connectivity index (χ1) is 13.2. The Labute approximate surface area is 171 Å². The molecule has 0 aliphatic heterocycles. The monoisotopic (exact) mass is 390 g/mol. The van der Waals surface area contributed by atoms with Crippen LogP contribution < -0.4 is 0 Å². The van der Waals surface area contributed by atoms with Crippen molar-refractivity contribution in [3.05, 3.63) is 46.5 Å². The smallest absolute Gasteiger partial charge is 0.189 e. The van der Waals surface area contributed by atoms with E-state index >= 15 is 0 Å². The van der Waals surface area contributed by atoms with E-state index in [4.69, 9.17) is 17.0 Å². The van der Waals surface area contributed by atoms with Crippen LogP contribution in [0, 0.1) is 68.0 Å². The fourth-order valence-electron chi connectivity index (χ4n) is 4.81. The highest BCUT2D eigenvalue weighted by Gasteiger charge is 2.58. The van der Waals surface area contributed by atoms with Gasteiger partial charge in [0.1, 0.15) is 5.92 Å². The molecule has 0 bridgehead atoms. The van der Waals surface area contributed by atoms with Crippen molar-refractivity contribution >= 4 is 17.3 Å². The van der Waals surface area contributed by atoms with Crippen LogP contribution in [0.1, 0.15) is 45.1 Å². The number of nitriles is 3. The van der Waals surface area contributed by atoms with Crippen molar-refractivity contribution in [1.29, 1.82) is 21.2 Å². The van der Waals surface area contributed by atoms with E-state index in [0.717, 1.165) is 24.0 Å². The van der Waals surface area contributed by atoms with Crippen molar-refractivity contribution in [2.24, 2.45) is 28.6 Å². The summed E-state index contributed by atoms with van der Waals surface area (Å²) in [5.74, 6) is -1.12. The van der Waals surface area contributed by atoms with Crippen molar-refractivity contribution in [2.75, 3.05) is 0 Å². The van der Waals surface area contributed by atoms with E-state index in [-0.39, 0.29) is 17.0 Å². The Hall–Kier alpha value is -2.61. The lowest BCUT2D eigenvalue weighted by molar-refractivity contribution is 0.168. The van der Waals surface area contributed by atoms with Crippen LogP contribution in [0.15, 0.2) is 35.9 Å². The molecular formula is C23H23ClN4. The molecule has 0 aromatic heterocycles. The molecule has 5 heteroatoms. The van der Waals surface area contributed by atoms with E-state index in [1.54, 1.807) is 12.1 Å². The number of nitrogens with zero attached hydrogens (tertiary/aromatic N) is 3. The second-order valence-electron chi connectivity index (χ2n) is 8.89. The number of benzene rings is 1. The summed E-state index contributed by atoms with van der Waals surface area (Å²) in [4.78, 5) is 0. The Morgan fingerprint density at radius 1 is 1.18 bits per heavy atom. The van der Waals surface area contributed by atoms with Crippen LogP contribution in [0.3, 0.4) is 0 Å². The molecule has 1 saturated carbocycles. The van der Waals surface area contributed by atoms with Gasteiger partial charge in [0.25, 0.3) is 0 Å². The fourth-order valence-corrected chi connectivity index (χ4v) is 5.00. The molecule has 0 radical (unpaired) electrons. The number of hydrogen-bond acceptors (Lipinski definition) is 4. The minimum atomic E-state index is -1.67. The van der Waals surface area contributed by atoms with Crippen LogP contribution >= 0.6 is 11.6 Å². The summed E-state index contributed by atoms with van der Waals surface area (Å²) in [7, 11) is 0. The molecule has 1 unspecified atom stereocenters. The molecule has 28 heavy (non-hydrogen) atoms. The van der Waals surface area contributed by atoms with Gasteiger partial charge >= 0.3 is 0 Å². The highest BCUT2D eigenvalue weighted by molar-refractivity contribution is 6.30. The Morgan fingerprint density at radius 2 is 1.86 bits per heavy atom. The van der Waals surface area contributed by atoms with E-state index in [0.29, 0.717) is 10.9 Å². The highest BCUT2D eigenvalue weighted by Crippen LogP contribution is 2.57. The van der Waals surface area contributed by atoms with E-state index in [2.05, 4.69) is 45.1 Å². The summed E-state index contributed by atoms with van der Waals surface area (Å²) < 4.78 is 0. The third-order valence-electron chi connectivity index (χ3n) is 6.43. The Morgan fingerprint density at radius 3 is 2.39 bits per heavy atom. The summed E-state index contributed by atoms with van der Waals surface area (Å²) in [5.41, 5.74) is -0.0500. The van der Waals surface area contributed by atoms with Gasteiger partial charge in [0.05, 0.1) is 23.9 Å². The van der Waals surface area contributed by atoms with Gasteiger partial charge in [-0.3, -0.25) is 0 Å². The maximum absolute atomic E-state index is 10.1. The van der Waals surface area contributed by atoms with Gasteiger partial charge in [-0.2, -0.15) is 15.8 Å². The van der Waals surface area contributed by atoms with E-state index in [9.17, 15) is 15.8 Å². The van der Waals surface area contributed by atoms with Gasteiger partial charge in [0, 0.05) is 10.9 Å². The van der Waals surface area contributed by atoms with Gasteiger partial charge in [-0.1, -0.05) is 50.6 Å². The lowest BCUT2D eigenvalue weighted by atomic mass is 9.51. The summed E-state index contributed by atoms with van der Waals surface area (Å²) in [6.07, 6.45) is 3.71. The number of halogens is 1. The first-order valence-electron chi connectivity index (χ1n) is 9.46. The number of rotatable bonds is 1. The SMILES string of the molecule is CC(C)(C)[C@@H]1CC=C2C(C#N)C(=N)C(C#N)(C#N)[C@@H](c3cccc(Cl)c3)[C@H]2C1. The summed E-state index contributed by atoms with van der Waals surface area (Å²) >= 11 is 6.23. The molecule has 0 saturated heterocycles. The molecule has 4 nitrogen and oxygen atoms in total. The van der Waals surface area contributed by atoms with E-state index in [1.807, 2.05) is 12.1 Å². The topological polar surface area (TPSA) is 95.2 Å². The molecule has 1 aromatic carbocycles. The molecule has 0 amide bonds. The molecule has 0 spiro atoms. The van der Waals surface area contributed by atoms with Crippen LogP contribution in [-0.4, -0.2) is 5.71 Å². The van der Waals surface area contributed by atoms with Crippen LogP contribution in [0.4, 0.5) is 0 Å². The van der Waals surface area contributed by atoms with Gasteiger partial charge in [-0.15, -0.1) is 0 Å². The lowest BCUT2D eigenvalue weighted by Crippen LogP contribution is -2.50. The fraction of sp³-hybridized carbons (Fsp3) is 0.478. The van der Waals surface area contributed by atoms with Crippen LogP contribution in [-0.2, 0) is 0 Å². The predicted octanol–water partition coefficient (Wildman–Crippen LogP) is 5.63. The zero-order valence-electron chi connectivity index (χ0n) is 16.3. The first kappa shape index (κ1) is 20.1. The molecule has 1 fully saturated rings. The molecule has 1 N–H and O–H groups in total. The minimum absolute atomic E-state index is 0.0654. The predicted molar refractivity (Wildman–Crippen MR) is 108 cm³/mol. The van der Waals surface area contributed by atoms with E-state index < -0.39 is 17.3 Å². The average Bonchev–Trinajstić information content (AvgIpc) is 2.66. The Kier molecular flexibility index (Phi) is 5.10. The van der Waals surface area contributed by atoms with Crippen LogP contribution in [0.25, 0.3) is 0 Å². The van der Waals surface area contributed by atoms with E-state index in [1.165, 1.54) is 0 Å². The Balaban J connectivity index is 2.26. The molecule has 1 aromatic rings. The molecular weight excluding hydrogens is 368 g/mol. The summed E-state index contributed by atoms with van der Waals surface area (Å²) in [6.45, 7) is 6.58. The minimum Gasteiger partial charge on any atom is -0.305 e. The molecule has 2 aliphatic carbocycles. The molecule has 4 atom stereocenters. The van der Waals surface area contributed by atoms with Gasteiger partial charge in [-0.25, -0.2) is 0 Å². The average molecular weight is 391 g/mol. The van der Waals surface area contributed by atoms with Gasteiger partial charge < -0.3 is 5.41 Å². The zero-order valence-corrected chi connectivity index (χ0v) is 17.1. The summed E-state index contributed by atoms with van der Waals surface area (Å²) in [5, 5.41) is 39.1. The highest BCUT2D eigenvalue weighted by atomic mass is 35.5. The second-order valence-corrected chi connectivity index (χ2v) is 9.32. The molecule has 142 valence electrons. The van der Waals surface area contributed by atoms with Crippen molar-refractivity contribution in [1.82, 2.24) is 0 Å². The number of nitrogens with one attached hydrogen (secondary N) is 1. The van der Waals surface area contributed by atoms with Crippen molar-refractivity contribution < 1.29 is 0 Å². The maximum atomic E-state index is 10.1. The second kappa shape index (κ2) is 7.09. The van der Waals surface area contributed by atoms with Gasteiger partial charge in [0.2, 0.25) is 0 Å². The first-order valence-corrected chi connectivity index (χ1v) is 9.83. The third kappa shape index (κ3) is 3.01. The molecule has 0 heterocycles. The summed E-state index contributed by atoms with van der Waals surface area (Å²) in [6, 6.07) is 13.7.